The second-order valence-corrected chi connectivity index (χ2v) is 3.99. The number of aliphatic hydroxyl groups excluding tert-OH is 1. The number of aryl methyl sites for hydroxylation is 2. The van der Waals surface area contributed by atoms with Gasteiger partial charge in [-0.25, -0.2) is 0 Å². The van der Waals surface area contributed by atoms with Crippen molar-refractivity contribution in [2.75, 3.05) is 7.11 Å². The van der Waals surface area contributed by atoms with Gasteiger partial charge in [0.1, 0.15) is 5.75 Å². The van der Waals surface area contributed by atoms with E-state index in [0.29, 0.717) is 0 Å². The SMILES string of the molecule is CCC[C@@H](O)c1cc(C)c(OC)c(C)c1. The smallest absolute Gasteiger partial charge is 0.124 e. The first-order valence-electron chi connectivity index (χ1n) is 5.43. The van der Waals surface area contributed by atoms with Gasteiger partial charge in [-0.2, -0.15) is 0 Å². The molecule has 0 aromatic heterocycles. The van der Waals surface area contributed by atoms with Gasteiger partial charge in [0.15, 0.2) is 0 Å². The molecule has 1 aromatic rings. The summed E-state index contributed by atoms with van der Waals surface area (Å²) in [6.07, 6.45) is 1.45. The number of rotatable bonds is 4. The predicted molar refractivity (Wildman–Crippen MR) is 62.3 cm³/mol. The lowest BCUT2D eigenvalue weighted by Gasteiger charge is -2.15. The first-order chi connectivity index (χ1) is 7.10. The zero-order valence-corrected chi connectivity index (χ0v) is 10.0. The molecule has 0 amide bonds. The van der Waals surface area contributed by atoms with E-state index in [0.717, 1.165) is 35.3 Å². The molecule has 0 saturated carbocycles. The van der Waals surface area contributed by atoms with Crippen LogP contribution in [-0.2, 0) is 0 Å². The zero-order chi connectivity index (χ0) is 11.4. The summed E-state index contributed by atoms with van der Waals surface area (Å²) in [6, 6.07) is 4.01. The fraction of sp³-hybridized carbons (Fsp3) is 0.538. The van der Waals surface area contributed by atoms with Crippen molar-refractivity contribution in [3.63, 3.8) is 0 Å². The number of aliphatic hydroxyl groups is 1. The molecule has 1 atom stereocenters. The molecule has 2 heteroatoms. The maximum atomic E-state index is 9.89. The van der Waals surface area contributed by atoms with Gasteiger partial charge in [0.25, 0.3) is 0 Å². The lowest BCUT2D eigenvalue weighted by Crippen LogP contribution is -2.00. The van der Waals surface area contributed by atoms with Crippen LogP contribution >= 0.6 is 0 Å². The summed E-state index contributed by atoms with van der Waals surface area (Å²) in [4.78, 5) is 0. The fourth-order valence-corrected chi connectivity index (χ4v) is 1.94. The van der Waals surface area contributed by atoms with Crippen molar-refractivity contribution in [1.82, 2.24) is 0 Å². The van der Waals surface area contributed by atoms with E-state index < -0.39 is 0 Å². The van der Waals surface area contributed by atoms with Crippen LogP contribution in [-0.4, -0.2) is 12.2 Å². The molecule has 0 saturated heterocycles. The van der Waals surface area contributed by atoms with E-state index in [1.54, 1.807) is 7.11 Å². The third kappa shape index (κ3) is 2.72. The maximum absolute atomic E-state index is 9.89. The summed E-state index contributed by atoms with van der Waals surface area (Å²) in [5, 5.41) is 9.89. The topological polar surface area (TPSA) is 29.5 Å². The number of benzene rings is 1. The Morgan fingerprint density at radius 2 is 1.80 bits per heavy atom. The first kappa shape index (κ1) is 12.1. The van der Waals surface area contributed by atoms with Gasteiger partial charge < -0.3 is 9.84 Å². The molecule has 0 radical (unpaired) electrons. The van der Waals surface area contributed by atoms with Crippen molar-refractivity contribution in [2.24, 2.45) is 0 Å². The van der Waals surface area contributed by atoms with Crippen LogP contribution in [0, 0.1) is 13.8 Å². The number of hydrogen-bond acceptors (Lipinski definition) is 2. The van der Waals surface area contributed by atoms with Gasteiger partial charge in [-0.1, -0.05) is 13.3 Å². The van der Waals surface area contributed by atoms with Gasteiger partial charge in [0, 0.05) is 0 Å². The van der Waals surface area contributed by atoms with Crippen LogP contribution in [0.25, 0.3) is 0 Å². The number of ether oxygens (including phenoxy) is 1. The van der Waals surface area contributed by atoms with Crippen LogP contribution in [0.3, 0.4) is 0 Å². The Bertz CT molecular complexity index is 308. The minimum Gasteiger partial charge on any atom is -0.496 e. The summed E-state index contributed by atoms with van der Waals surface area (Å²) in [5.74, 6) is 0.919. The van der Waals surface area contributed by atoms with Gasteiger partial charge in [-0.15, -0.1) is 0 Å². The normalized spacial score (nSPS) is 12.6. The molecular formula is C13H20O2. The van der Waals surface area contributed by atoms with Gasteiger partial charge in [0.2, 0.25) is 0 Å². The lowest BCUT2D eigenvalue weighted by atomic mass is 9.99. The monoisotopic (exact) mass is 208 g/mol. The Labute approximate surface area is 91.9 Å². The van der Waals surface area contributed by atoms with Gasteiger partial charge in [-0.3, -0.25) is 0 Å². The molecule has 0 bridgehead atoms. The van der Waals surface area contributed by atoms with E-state index in [4.69, 9.17) is 4.74 Å². The second kappa shape index (κ2) is 5.17. The van der Waals surface area contributed by atoms with E-state index in [1.807, 2.05) is 26.0 Å². The highest BCUT2D eigenvalue weighted by Gasteiger charge is 2.10. The van der Waals surface area contributed by atoms with Crippen molar-refractivity contribution in [3.05, 3.63) is 28.8 Å². The Morgan fingerprint density at radius 1 is 1.27 bits per heavy atom. The molecule has 1 aromatic carbocycles. The van der Waals surface area contributed by atoms with E-state index in [2.05, 4.69) is 6.92 Å². The lowest BCUT2D eigenvalue weighted by molar-refractivity contribution is 0.166. The largest absolute Gasteiger partial charge is 0.496 e. The molecule has 84 valence electrons. The number of hydrogen-bond donors (Lipinski definition) is 1. The van der Waals surface area contributed by atoms with Crippen molar-refractivity contribution >= 4 is 0 Å². The Kier molecular flexibility index (Phi) is 4.15. The molecule has 15 heavy (non-hydrogen) atoms. The van der Waals surface area contributed by atoms with Gasteiger partial charge in [-0.05, 0) is 49.1 Å². The summed E-state index contributed by atoms with van der Waals surface area (Å²) in [6.45, 7) is 6.09. The fourth-order valence-electron chi connectivity index (χ4n) is 1.94. The molecule has 1 N–H and O–H groups in total. The van der Waals surface area contributed by atoms with Crippen molar-refractivity contribution in [1.29, 1.82) is 0 Å². The average molecular weight is 208 g/mol. The standard InChI is InChI=1S/C13H20O2/c1-5-6-12(14)11-7-9(2)13(15-4)10(3)8-11/h7-8,12,14H,5-6H2,1-4H3/t12-/m1/s1. The predicted octanol–water partition coefficient (Wildman–Crippen LogP) is 3.15. The summed E-state index contributed by atoms with van der Waals surface area (Å²) >= 11 is 0. The van der Waals surface area contributed by atoms with Crippen LogP contribution in [0.15, 0.2) is 12.1 Å². The molecule has 0 aliphatic rings. The van der Waals surface area contributed by atoms with Crippen LogP contribution in [0.1, 0.15) is 42.6 Å². The van der Waals surface area contributed by atoms with Crippen LogP contribution in [0.4, 0.5) is 0 Å². The third-order valence-corrected chi connectivity index (χ3v) is 2.63. The van der Waals surface area contributed by atoms with Gasteiger partial charge >= 0.3 is 0 Å². The van der Waals surface area contributed by atoms with E-state index in [1.165, 1.54) is 0 Å². The quantitative estimate of drug-likeness (QED) is 0.823. The number of methoxy groups -OCH3 is 1. The Morgan fingerprint density at radius 3 is 2.20 bits per heavy atom. The van der Waals surface area contributed by atoms with Crippen LogP contribution < -0.4 is 4.74 Å². The third-order valence-electron chi connectivity index (χ3n) is 2.63. The minimum atomic E-state index is -0.349. The highest BCUT2D eigenvalue weighted by atomic mass is 16.5. The highest BCUT2D eigenvalue weighted by Crippen LogP contribution is 2.28. The zero-order valence-electron chi connectivity index (χ0n) is 10.0. The molecule has 0 heterocycles. The van der Waals surface area contributed by atoms with Crippen molar-refractivity contribution < 1.29 is 9.84 Å². The van der Waals surface area contributed by atoms with Crippen LogP contribution in [0.2, 0.25) is 0 Å². The van der Waals surface area contributed by atoms with E-state index in [-0.39, 0.29) is 6.10 Å². The van der Waals surface area contributed by atoms with E-state index >= 15 is 0 Å². The minimum absolute atomic E-state index is 0.349. The molecule has 1 rings (SSSR count). The molecule has 2 nitrogen and oxygen atoms in total. The summed E-state index contributed by atoms with van der Waals surface area (Å²) in [5.41, 5.74) is 3.16. The van der Waals surface area contributed by atoms with E-state index in [9.17, 15) is 5.11 Å². The van der Waals surface area contributed by atoms with Crippen LogP contribution in [0.5, 0.6) is 5.75 Å². The molecule has 0 spiro atoms. The molecule has 0 unspecified atom stereocenters. The van der Waals surface area contributed by atoms with Crippen molar-refractivity contribution in [2.45, 2.75) is 39.7 Å². The molecular weight excluding hydrogens is 188 g/mol. The molecule has 0 fully saturated rings. The summed E-state index contributed by atoms with van der Waals surface area (Å²) < 4.78 is 5.29. The summed E-state index contributed by atoms with van der Waals surface area (Å²) in [7, 11) is 1.68. The van der Waals surface area contributed by atoms with Gasteiger partial charge in [0.05, 0.1) is 13.2 Å². The molecule has 0 aliphatic heterocycles. The Hall–Kier alpha value is -1.02. The highest BCUT2D eigenvalue weighted by molar-refractivity contribution is 5.43. The molecule has 0 aliphatic carbocycles. The first-order valence-corrected chi connectivity index (χ1v) is 5.43. The average Bonchev–Trinajstić information content (AvgIpc) is 2.17. The second-order valence-electron chi connectivity index (χ2n) is 3.99. The Balaban J connectivity index is 3.02. The van der Waals surface area contributed by atoms with Crippen molar-refractivity contribution in [3.8, 4) is 5.75 Å². The maximum Gasteiger partial charge on any atom is 0.124 e.